The first kappa shape index (κ1) is 12.5. The minimum Gasteiger partial charge on any atom is -0.480 e. The summed E-state index contributed by atoms with van der Waals surface area (Å²) in [5.74, 6) is -1.34. The highest BCUT2D eigenvalue weighted by atomic mass is 16.4. The van der Waals surface area contributed by atoms with Crippen LogP contribution in [-0.4, -0.2) is 49.4 Å². The van der Waals surface area contributed by atoms with Crippen molar-refractivity contribution in [2.75, 3.05) is 6.54 Å². The molecule has 1 amide bonds. The summed E-state index contributed by atoms with van der Waals surface area (Å²) in [4.78, 5) is 25.1. The SMILES string of the molecule is Cc1n[nH]nc1C(=O)N1CCCCC1(C)C(=O)O. The molecule has 18 heavy (non-hydrogen) atoms. The molecule has 1 aromatic rings. The quantitative estimate of drug-likeness (QED) is 0.802. The zero-order valence-corrected chi connectivity index (χ0v) is 10.4. The van der Waals surface area contributed by atoms with Gasteiger partial charge in [0, 0.05) is 6.54 Å². The molecule has 1 atom stereocenters. The predicted octanol–water partition coefficient (Wildman–Crippen LogP) is 0.583. The van der Waals surface area contributed by atoms with Gasteiger partial charge in [0.05, 0.1) is 5.69 Å². The normalized spacial score (nSPS) is 24.0. The molecule has 7 heteroatoms. The number of likely N-dealkylation sites (tertiary alicyclic amines) is 1. The van der Waals surface area contributed by atoms with Gasteiger partial charge in [0.2, 0.25) is 0 Å². The van der Waals surface area contributed by atoms with Gasteiger partial charge in [-0.2, -0.15) is 15.4 Å². The molecule has 1 unspecified atom stereocenters. The van der Waals surface area contributed by atoms with Crippen molar-refractivity contribution in [3.05, 3.63) is 11.4 Å². The van der Waals surface area contributed by atoms with Crippen LogP contribution in [0.2, 0.25) is 0 Å². The molecule has 1 fully saturated rings. The molecule has 2 N–H and O–H groups in total. The third kappa shape index (κ3) is 1.85. The van der Waals surface area contributed by atoms with Gasteiger partial charge in [-0.25, -0.2) is 4.79 Å². The molecule has 0 saturated carbocycles. The fraction of sp³-hybridized carbons (Fsp3) is 0.636. The standard InChI is InChI=1S/C11H16N4O3/c1-7-8(13-14-12-7)9(16)15-6-4-3-5-11(15,2)10(17)18/h3-6H2,1-2H3,(H,17,18)(H,12,13,14). The number of carboxylic acids is 1. The maximum atomic E-state index is 12.3. The number of piperidine rings is 1. The summed E-state index contributed by atoms with van der Waals surface area (Å²) < 4.78 is 0. The van der Waals surface area contributed by atoms with Crippen molar-refractivity contribution in [3.63, 3.8) is 0 Å². The van der Waals surface area contributed by atoms with Gasteiger partial charge < -0.3 is 10.0 Å². The molecule has 0 aliphatic carbocycles. The van der Waals surface area contributed by atoms with E-state index < -0.39 is 11.5 Å². The molecule has 1 aliphatic rings. The Morgan fingerprint density at radius 2 is 2.11 bits per heavy atom. The first-order valence-corrected chi connectivity index (χ1v) is 5.89. The number of hydrogen-bond acceptors (Lipinski definition) is 4. The second-order valence-electron chi connectivity index (χ2n) is 4.75. The van der Waals surface area contributed by atoms with Crippen LogP contribution in [0.25, 0.3) is 0 Å². The van der Waals surface area contributed by atoms with Gasteiger partial charge in [-0.15, -0.1) is 0 Å². The molecule has 2 rings (SSSR count). The topological polar surface area (TPSA) is 99.2 Å². The van der Waals surface area contributed by atoms with Crippen LogP contribution in [0.5, 0.6) is 0 Å². The fourth-order valence-corrected chi connectivity index (χ4v) is 2.28. The number of nitrogens with zero attached hydrogens (tertiary/aromatic N) is 3. The number of carbonyl (C=O) groups is 2. The average Bonchev–Trinajstić information content (AvgIpc) is 2.75. The van der Waals surface area contributed by atoms with E-state index in [0.29, 0.717) is 18.7 Å². The van der Waals surface area contributed by atoms with Gasteiger partial charge in [-0.3, -0.25) is 4.79 Å². The van der Waals surface area contributed by atoms with E-state index in [0.717, 1.165) is 12.8 Å². The maximum Gasteiger partial charge on any atom is 0.329 e. The average molecular weight is 252 g/mol. The Morgan fingerprint density at radius 3 is 2.67 bits per heavy atom. The number of H-pyrrole nitrogens is 1. The molecule has 1 aliphatic heterocycles. The molecule has 1 aromatic heterocycles. The molecule has 0 radical (unpaired) electrons. The highest BCUT2D eigenvalue weighted by Gasteiger charge is 2.44. The van der Waals surface area contributed by atoms with Crippen molar-refractivity contribution < 1.29 is 14.7 Å². The maximum absolute atomic E-state index is 12.3. The fourth-order valence-electron chi connectivity index (χ4n) is 2.28. The Hall–Kier alpha value is -1.92. The Bertz CT molecular complexity index is 484. The lowest BCUT2D eigenvalue weighted by Gasteiger charge is -2.41. The lowest BCUT2D eigenvalue weighted by Crippen LogP contribution is -2.57. The van der Waals surface area contributed by atoms with Crippen LogP contribution in [-0.2, 0) is 4.79 Å². The number of carboxylic acid groups (broad SMARTS) is 1. The molecular formula is C11H16N4O3. The Labute approximate surface area is 104 Å². The first-order chi connectivity index (χ1) is 8.47. The largest absolute Gasteiger partial charge is 0.480 e. The lowest BCUT2D eigenvalue weighted by molar-refractivity contribution is -0.150. The molecule has 0 bridgehead atoms. The summed E-state index contributed by atoms with van der Waals surface area (Å²) >= 11 is 0. The van der Waals surface area contributed by atoms with Crippen LogP contribution in [0, 0.1) is 6.92 Å². The number of hydrogen-bond donors (Lipinski definition) is 2. The van der Waals surface area contributed by atoms with Crippen LogP contribution in [0.4, 0.5) is 0 Å². The number of nitrogens with one attached hydrogen (secondary N) is 1. The molecular weight excluding hydrogens is 236 g/mol. The van der Waals surface area contributed by atoms with E-state index in [2.05, 4.69) is 15.4 Å². The van der Waals surface area contributed by atoms with E-state index in [9.17, 15) is 14.7 Å². The zero-order chi connectivity index (χ0) is 13.3. The Balaban J connectivity index is 2.33. The summed E-state index contributed by atoms with van der Waals surface area (Å²) in [6, 6.07) is 0. The molecule has 0 aromatic carbocycles. The van der Waals surface area contributed by atoms with E-state index in [4.69, 9.17) is 0 Å². The minimum atomic E-state index is -1.15. The van der Waals surface area contributed by atoms with Crippen LogP contribution in [0.1, 0.15) is 42.4 Å². The van der Waals surface area contributed by atoms with E-state index >= 15 is 0 Å². The molecule has 0 spiro atoms. The van der Waals surface area contributed by atoms with Crippen LogP contribution < -0.4 is 0 Å². The number of amides is 1. The summed E-state index contributed by atoms with van der Waals surface area (Å²) in [6.45, 7) is 3.69. The van der Waals surface area contributed by atoms with Crippen LogP contribution in [0.3, 0.4) is 0 Å². The number of rotatable bonds is 2. The van der Waals surface area contributed by atoms with Gasteiger partial charge >= 0.3 is 5.97 Å². The van der Waals surface area contributed by atoms with Gasteiger partial charge in [0.1, 0.15) is 5.54 Å². The first-order valence-electron chi connectivity index (χ1n) is 5.89. The van der Waals surface area contributed by atoms with E-state index in [1.807, 2.05) is 0 Å². The van der Waals surface area contributed by atoms with Gasteiger partial charge in [-0.05, 0) is 33.1 Å². The van der Waals surface area contributed by atoms with E-state index in [-0.39, 0.29) is 11.6 Å². The van der Waals surface area contributed by atoms with Gasteiger partial charge in [-0.1, -0.05) is 0 Å². The third-order valence-electron chi connectivity index (χ3n) is 3.52. The minimum absolute atomic E-state index is 0.198. The molecule has 1 saturated heterocycles. The second kappa shape index (κ2) is 4.40. The van der Waals surface area contributed by atoms with Crippen molar-refractivity contribution >= 4 is 11.9 Å². The highest BCUT2D eigenvalue weighted by molar-refractivity contribution is 5.97. The smallest absolute Gasteiger partial charge is 0.329 e. The Morgan fingerprint density at radius 1 is 1.39 bits per heavy atom. The van der Waals surface area contributed by atoms with Crippen molar-refractivity contribution in [2.24, 2.45) is 0 Å². The Kier molecular flexibility index (Phi) is 3.06. The summed E-state index contributed by atoms with van der Waals surface area (Å²) in [5.41, 5.74) is -0.469. The number of aromatic nitrogens is 3. The molecule has 98 valence electrons. The molecule has 7 nitrogen and oxygen atoms in total. The molecule has 2 heterocycles. The summed E-state index contributed by atoms with van der Waals surface area (Å²) in [7, 11) is 0. The third-order valence-corrected chi connectivity index (χ3v) is 3.52. The van der Waals surface area contributed by atoms with E-state index in [1.165, 1.54) is 4.90 Å². The van der Waals surface area contributed by atoms with Crippen molar-refractivity contribution in [2.45, 2.75) is 38.6 Å². The number of aryl methyl sites for hydroxylation is 1. The highest BCUT2D eigenvalue weighted by Crippen LogP contribution is 2.29. The number of carbonyl (C=O) groups excluding carboxylic acids is 1. The van der Waals surface area contributed by atoms with Gasteiger partial charge in [0.25, 0.3) is 5.91 Å². The van der Waals surface area contributed by atoms with Gasteiger partial charge in [0.15, 0.2) is 5.69 Å². The summed E-state index contributed by atoms with van der Waals surface area (Å²) in [5, 5.41) is 19.3. The zero-order valence-electron chi connectivity index (χ0n) is 10.4. The van der Waals surface area contributed by atoms with Crippen LogP contribution >= 0.6 is 0 Å². The number of aromatic amines is 1. The van der Waals surface area contributed by atoms with Crippen molar-refractivity contribution in [3.8, 4) is 0 Å². The second-order valence-corrected chi connectivity index (χ2v) is 4.75. The van der Waals surface area contributed by atoms with E-state index in [1.54, 1.807) is 13.8 Å². The van der Waals surface area contributed by atoms with Crippen molar-refractivity contribution in [1.82, 2.24) is 20.3 Å². The summed E-state index contributed by atoms with van der Waals surface area (Å²) in [6.07, 6.45) is 2.08. The van der Waals surface area contributed by atoms with Crippen LogP contribution in [0.15, 0.2) is 0 Å². The van der Waals surface area contributed by atoms with Crippen molar-refractivity contribution in [1.29, 1.82) is 0 Å². The predicted molar refractivity (Wildman–Crippen MR) is 62.0 cm³/mol. The monoisotopic (exact) mass is 252 g/mol. The number of aliphatic carboxylic acids is 1. The lowest BCUT2D eigenvalue weighted by atomic mass is 9.88.